The maximum Gasteiger partial charge on any atom is 0.410 e. The molecule has 3 rings (SSSR count). The van der Waals surface area contributed by atoms with Gasteiger partial charge in [0, 0.05) is 13.2 Å². The summed E-state index contributed by atoms with van der Waals surface area (Å²) >= 11 is 0. The molecule has 0 saturated carbocycles. The van der Waals surface area contributed by atoms with Crippen LogP contribution in [-0.2, 0) is 20.8 Å². The van der Waals surface area contributed by atoms with Gasteiger partial charge in [-0.15, -0.1) is 0 Å². The average molecular weight is 395 g/mol. The minimum absolute atomic E-state index is 0.147. The Bertz CT molecular complexity index is 684. The zero-order chi connectivity index (χ0) is 20.3. The standard InChI is InChI=1S/C21H30FNO5/c1-21(2,3)28-20(25)23-10-9-17(23)19(24)16-8-7-15(22)12-14(16)13-27-18-6-4-5-11-26-18/h7-8,12,17-19,24H,4-6,9-11,13H2,1-3H3/t17-,18?,19?/m0/s1. The highest BCUT2D eigenvalue weighted by Crippen LogP contribution is 2.34. The molecule has 2 aliphatic rings. The predicted molar refractivity (Wildman–Crippen MR) is 101 cm³/mol. The van der Waals surface area contributed by atoms with Gasteiger partial charge in [0.05, 0.1) is 18.8 Å². The number of aliphatic hydroxyl groups excluding tert-OH is 1. The molecule has 2 unspecified atom stereocenters. The molecular formula is C21H30FNO5. The second-order valence-electron chi connectivity index (χ2n) is 8.42. The first-order valence-corrected chi connectivity index (χ1v) is 9.94. The van der Waals surface area contributed by atoms with Crippen LogP contribution < -0.4 is 0 Å². The lowest BCUT2D eigenvalue weighted by Gasteiger charge is -2.44. The zero-order valence-corrected chi connectivity index (χ0v) is 16.8. The van der Waals surface area contributed by atoms with Gasteiger partial charge in [0.15, 0.2) is 6.29 Å². The Kier molecular flexibility index (Phi) is 6.58. The van der Waals surface area contributed by atoms with Gasteiger partial charge in [-0.3, -0.25) is 0 Å². The van der Waals surface area contributed by atoms with Crippen molar-refractivity contribution >= 4 is 6.09 Å². The Hall–Kier alpha value is -1.70. The summed E-state index contributed by atoms with van der Waals surface area (Å²) in [7, 11) is 0. The van der Waals surface area contributed by atoms with Gasteiger partial charge < -0.3 is 24.2 Å². The van der Waals surface area contributed by atoms with Gasteiger partial charge in [-0.1, -0.05) is 6.07 Å². The van der Waals surface area contributed by atoms with Gasteiger partial charge >= 0.3 is 6.09 Å². The van der Waals surface area contributed by atoms with Crippen molar-refractivity contribution in [3.8, 4) is 0 Å². The number of nitrogens with zero attached hydrogens (tertiary/aromatic N) is 1. The van der Waals surface area contributed by atoms with E-state index in [1.165, 1.54) is 17.0 Å². The van der Waals surface area contributed by atoms with Crippen LogP contribution in [0, 0.1) is 5.82 Å². The van der Waals surface area contributed by atoms with Crippen molar-refractivity contribution in [1.29, 1.82) is 0 Å². The monoisotopic (exact) mass is 395 g/mol. The van der Waals surface area contributed by atoms with E-state index in [-0.39, 0.29) is 12.9 Å². The van der Waals surface area contributed by atoms with Crippen LogP contribution in [0.1, 0.15) is 63.7 Å². The van der Waals surface area contributed by atoms with Crippen LogP contribution in [0.5, 0.6) is 0 Å². The number of hydrogen-bond donors (Lipinski definition) is 1. The molecule has 156 valence electrons. The summed E-state index contributed by atoms with van der Waals surface area (Å²) in [4.78, 5) is 13.9. The molecule has 28 heavy (non-hydrogen) atoms. The molecule has 1 aromatic carbocycles. The Morgan fingerprint density at radius 3 is 2.75 bits per heavy atom. The fourth-order valence-corrected chi connectivity index (χ4v) is 3.50. The Balaban J connectivity index is 1.68. The molecule has 1 aromatic rings. The van der Waals surface area contributed by atoms with Crippen molar-refractivity contribution in [2.45, 2.75) is 77.1 Å². The fourth-order valence-electron chi connectivity index (χ4n) is 3.50. The molecule has 0 spiro atoms. The maximum absolute atomic E-state index is 13.8. The number of carbonyl (C=O) groups excluding carboxylic acids is 1. The summed E-state index contributed by atoms with van der Waals surface area (Å²) in [6, 6.07) is 3.85. The highest BCUT2D eigenvalue weighted by atomic mass is 19.1. The summed E-state index contributed by atoms with van der Waals surface area (Å²) < 4.78 is 30.6. The van der Waals surface area contributed by atoms with Crippen molar-refractivity contribution in [2.75, 3.05) is 13.2 Å². The largest absolute Gasteiger partial charge is 0.444 e. The Morgan fingerprint density at radius 1 is 1.36 bits per heavy atom. The Morgan fingerprint density at radius 2 is 2.14 bits per heavy atom. The van der Waals surface area contributed by atoms with Crippen molar-refractivity contribution in [3.63, 3.8) is 0 Å². The topological polar surface area (TPSA) is 68.2 Å². The van der Waals surface area contributed by atoms with Crippen LogP contribution in [0.15, 0.2) is 18.2 Å². The lowest BCUT2D eigenvalue weighted by Crippen LogP contribution is -2.55. The molecule has 3 atom stereocenters. The fraction of sp³-hybridized carbons (Fsp3) is 0.667. The summed E-state index contributed by atoms with van der Waals surface area (Å²) in [6.45, 7) is 6.75. The summed E-state index contributed by atoms with van der Waals surface area (Å²) in [6.07, 6.45) is 1.84. The van der Waals surface area contributed by atoms with Crippen LogP contribution >= 0.6 is 0 Å². The van der Waals surface area contributed by atoms with E-state index in [4.69, 9.17) is 14.2 Å². The van der Waals surface area contributed by atoms with Crippen molar-refractivity contribution < 1.29 is 28.5 Å². The molecule has 0 radical (unpaired) electrons. The number of carbonyl (C=O) groups is 1. The molecule has 2 fully saturated rings. The van der Waals surface area contributed by atoms with Crippen LogP contribution in [0.3, 0.4) is 0 Å². The lowest BCUT2D eigenvalue weighted by atomic mass is 9.90. The summed E-state index contributed by atoms with van der Waals surface area (Å²) in [5, 5.41) is 10.9. The smallest absolute Gasteiger partial charge is 0.410 e. The summed E-state index contributed by atoms with van der Waals surface area (Å²) in [5.41, 5.74) is 0.532. The van der Waals surface area contributed by atoms with Crippen molar-refractivity contribution in [1.82, 2.24) is 4.90 Å². The first-order valence-electron chi connectivity index (χ1n) is 9.94. The molecule has 6 nitrogen and oxygen atoms in total. The minimum Gasteiger partial charge on any atom is -0.444 e. The van der Waals surface area contributed by atoms with Gasteiger partial charge in [-0.05, 0) is 69.7 Å². The van der Waals surface area contributed by atoms with E-state index in [0.717, 1.165) is 19.3 Å². The number of amides is 1. The number of aliphatic hydroxyl groups is 1. The highest BCUT2D eigenvalue weighted by molar-refractivity contribution is 5.69. The minimum atomic E-state index is -0.937. The molecule has 0 aromatic heterocycles. The SMILES string of the molecule is CC(C)(C)OC(=O)N1CC[C@H]1C(O)c1ccc(F)cc1COC1CCCCO1. The maximum atomic E-state index is 13.8. The molecule has 0 bridgehead atoms. The molecular weight excluding hydrogens is 365 g/mol. The van der Waals surface area contributed by atoms with Crippen molar-refractivity contribution in [2.24, 2.45) is 0 Å². The predicted octanol–water partition coefficient (Wildman–Crippen LogP) is 3.91. The van der Waals surface area contributed by atoms with E-state index in [0.29, 0.717) is 30.7 Å². The Labute approximate surface area is 165 Å². The number of ether oxygens (including phenoxy) is 3. The van der Waals surface area contributed by atoms with Gasteiger partial charge in [-0.2, -0.15) is 0 Å². The molecule has 1 amide bonds. The molecule has 1 N–H and O–H groups in total. The molecule has 0 aliphatic carbocycles. The van der Waals surface area contributed by atoms with Gasteiger partial charge in [0.2, 0.25) is 0 Å². The van der Waals surface area contributed by atoms with E-state index in [2.05, 4.69) is 0 Å². The van der Waals surface area contributed by atoms with Gasteiger partial charge in [-0.25, -0.2) is 9.18 Å². The van der Waals surface area contributed by atoms with Crippen molar-refractivity contribution in [3.05, 3.63) is 35.1 Å². The van der Waals surface area contributed by atoms with Crippen LogP contribution in [-0.4, -0.2) is 47.2 Å². The molecule has 2 aliphatic heterocycles. The number of hydrogen-bond acceptors (Lipinski definition) is 5. The number of likely N-dealkylation sites (tertiary alicyclic amines) is 1. The third kappa shape index (κ3) is 5.21. The summed E-state index contributed by atoms with van der Waals surface area (Å²) in [5.74, 6) is -0.392. The van der Waals surface area contributed by atoms with E-state index in [1.807, 2.05) is 0 Å². The lowest BCUT2D eigenvalue weighted by molar-refractivity contribution is -0.169. The third-order valence-corrected chi connectivity index (χ3v) is 5.04. The van der Waals surface area contributed by atoms with Crippen LogP contribution in [0.2, 0.25) is 0 Å². The quantitative estimate of drug-likeness (QED) is 0.819. The third-order valence-electron chi connectivity index (χ3n) is 5.04. The van der Waals surface area contributed by atoms with Gasteiger partial charge in [0.1, 0.15) is 11.4 Å². The second kappa shape index (κ2) is 8.76. The number of halogens is 1. The van der Waals surface area contributed by atoms with E-state index >= 15 is 0 Å². The normalized spacial score (nSPS) is 23.8. The van der Waals surface area contributed by atoms with Gasteiger partial charge in [0.25, 0.3) is 0 Å². The van der Waals surface area contributed by atoms with E-state index in [1.54, 1.807) is 26.8 Å². The van der Waals surface area contributed by atoms with Crippen LogP contribution in [0.25, 0.3) is 0 Å². The molecule has 7 heteroatoms. The number of rotatable bonds is 5. The average Bonchev–Trinajstić information content (AvgIpc) is 2.58. The van der Waals surface area contributed by atoms with E-state index < -0.39 is 29.7 Å². The molecule has 2 heterocycles. The second-order valence-corrected chi connectivity index (χ2v) is 8.42. The first-order chi connectivity index (χ1) is 13.2. The highest BCUT2D eigenvalue weighted by Gasteiger charge is 2.40. The molecule has 2 saturated heterocycles. The van der Waals surface area contributed by atoms with E-state index in [9.17, 15) is 14.3 Å². The number of benzene rings is 1. The zero-order valence-electron chi connectivity index (χ0n) is 16.8. The first kappa shape index (κ1) is 21.0. The van der Waals surface area contributed by atoms with Crippen LogP contribution in [0.4, 0.5) is 9.18 Å².